The Bertz CT molecular complexity index is 344. The summed E-state index contributed by atoms with van der Waals surface area (Å²) in [5.41, 5.74) is 0. The molecule has 1 aromatic heterocycles. The summed E-state index contributed by atoms with van der Waals surface area (Å²) in [6, 6.07) is 0.463. The molecule has 0 N–H and O–H groups in total. The van der Waals surface area contributed by atoms with Crippen molar-refractivity contribution in [3.63, 3.8) is 0 Å². The van der Waals surface area contributed by atoms with Crippen molar-refractivity contribution in [2.24, 2.45) is 5.92 Å². The lowest BCUT2D eigenvalue weighted by Crippen LogP contribution is -2.26. The van der Waals surface area contributed by atoms with Gasteiger partial charge >= 0.3 is 6.01 Å². The number of nitrogens with zero attached hydrogens (tertiary/aromatic N) is 3. The summed E-state index contributed by atoms with van der Waals surface area (Å²) < 4.78 is 6.60. The predicted octanol–water partition coefficient (Wildman–Crippen LogP) is 1.96. The molecule has 0 unspecified atom stereocenters. The molecule has 0 spiro atoms. The third kappa shape index (κ3) is 2.92. The van der Waals surface area contributed by atoms with Crippen LogP contribution in [-0.2, 0) is 0 Å². The summed E-state index contributed by atoms with van der Waals surface area (Å²) in [5.74, 6) is 0.581. The van der Waals surface area contributed by atoms with Crippen LogP contribution in [0.2, 0.25) is 0 Å². The first-order chi connectivity index (χ1) is 7.65. The van der Waals surface area contributed by atoms with Gasteiger partial charge in [0.15, 0.2) is 0 Å². The average Bonchev–Trinajstić information content (AvgIpc) is 2.68. The molecule has 0 aromatic carbocycles. The Hall–Kier alpha value is -0.680. The minimum Gasteiger partial charge on any atom is -0.460 e. The second-order valence-electron chi connectivity index (χ2n) is 4.32. The quantitative estimate of drug-likeness (QED) is 0.851. The Morgan fingerprint density at radius 1 is 1.50 bits per heavy atom. The summed E-state index contributed by atoms with van der Waals surface area (Å²) in [6.07, 6.45) is 4.77. The monoisotopic (exact) mass is 285 g/mol. The fraction of sp³-hybridized carbons (Fsp3) is 0.636. The number of hydrogen-bond acceptors (Lipinski definition) is 4. The number of ether oxygens (including phenoxy) is 1. The Morgan fingerprint density at radius 2 is 2.19 bits per heavy atom. The number of halogens is 1. The van der Waals surface area contributed by atoms with Gasteiger partial charge in [0.1, 0.15) is 6.10 Å². The molecule has 2 rings (SSSR count). The van der Waals surface area contributed by atoms with Gasteiger partial charge in [-0.3, -0.25) is 0 Å². The lowest BCUT2D eigenvalue weighted by atomic mass is 10.0. The van der Waals surface area contributed by atoms with Crippen molar-refractivity contribution in [3.05, 3.63) is 16.9 Å². The van der Waals surface area contributed by atoms with Gasteiger partial charge in [-0.2, -0.15) is 0 Å². The van der Waals surface area contributed by atoms with Crippen LogP contribution in [0, 0.1) is 5.92 Å². The molecule has 88 valence electrons. The number of likely N-dealkylation sites (tertiary alicyclic amines) is 1. The molecule has 0 aliphatic carbocycles. The molecule has 1 fully saturated rings. The van der Waals surface area contributed by atoms with E-state index in [9.17, 15) is 0 Å². The first-order valence-electron chi connectivity index (χ1n) is 5.48. The van der Waals surface area contributed by atoms with Crippen molar-refractivity contribution in [2.75, 3.05) is 20.1 Å². The molecule has 1 saturated heterocycles. The molecule has 0 radical (unpaired) electrons. The van der Waals surface area contributed by atoms with Crippen molar-refractivity contribution in [3.8, 4) is 6.01 Å². The maximum atomic E-state index is 5.73. The van der Waals surface area contributed by atoms with Crippen LogP contribution in [0.1, 0.15) is 13.3 Å². The lowest BCUT2D eigenvalue weighted by molar-refractivity contribution is 0.141. The Morgan fingerprint density at radius 3 is 2.75 bits per heavy atom. The minimum atomic E-state index is 0.172. The number of aromatic nitrogens is 2. The molecule has 2 heterocycles. The van der Waals surface area contributed by atoms with E-state index in [0.29, 0.717) is 11.9 Å². The third-order valence-corrected chi connectivity index (χ3v) is 3.39. The number of rotatable bonds is 3. The van der Waals surface area contributed by atoms with E-state index in [2.05, 4.69) is 44.8 Å². The second kappa shape index (κ2) is 5.10. The topological polar surface area (TPSA) is 38.3 Å². The highest BCUT2D eigenvalue weighted by Gasteiger charge is 2.26. The van der Waals surface area contributed by atoms with Gasteiger partial charge in [-0.25, -0.2) is 9.97 Å². The molecule has 1 aliphatic heterocycles. The van der Waals surface area contributed by atoms with Crippen molar-refractivity contribution >= 4 is 15.9 Å². The normalized spacial score (nSPS) is 23.3. The zero-order valence-electron chi connectivity index (χ0n) is 9.56. The molecule has 1 aromatic rings. The highest BCUT2D eigenvalue weighted by atomic mass is 79.9. The van der Waals surface area contributed by atoms with E-state index in [1.165, 1.54) is 6.42 Å². The van der Waals surface area contributed by atoms with Crippen LogP contribution < -0.4 is 4.74 Å². The largest absolute Gasteiger partial charge is 0.460 e. The van der Waals surface area contributed by atoms with E-state index in [-0.39, 0.29) is 6.10 Å². The highest BCUT2D eigenvalue weighted by Crippen LogP contribution is 2.21. The van der Waals surface area contributed by atoms with Gasteiger partial charge in [-0.1, -0.05) is 0 Å². The van der Waals surface area contributed by atoms with Gasteiger partial charge in [0.25, 0.3) is 0 Å². The Kier molecular flexibility index (Phi) is 3.76. The van der Waals surface area contributed by atoms with E-state index in [1.807, 2.05) is 0 Å². The van der Waals surface area contributed by atoms with Gasteiger partial charge in [0, 0.05) is 24.9 Å². The molecular weight excluding hydrogens is 270 g/mol. The van der Waals surface area contributed by atoms with Crippen molar-refractivity contribution in [1.29, 1.82) is 0 Å². The first-order valence-corrected chi connectivity index (χ1v) is 6.27. The van der Waals surface area contributed by atoms with Gasteiger partial charge < -0.3 is 9.64 Å². The average molecular weight is 286 g/mol. The van der Waals surface area contributed by atoms with E-state index >= 15 is 0 Å². The van der Waals surface area contributed by atoms with Crippen LogP contribution in [0.15, 0.2) is 16.9 Å². The first kappa shape index (κ1) is 11.8. The van der Waals surface area contributed by atoms with Gasteiger partial charge in [-0.05, 0) is 42.9 Å². The van der Waals surface area contributed by atoms with Crippen molar-refractivity contribution in [1.82, 2.24) is 14.9 Å². The third-order valence-electron chi connectivity index (χ3n) is 2.98. The minimum absolute atomic E-state index is 0.172. The SMILES string of the molecule is C[C@@H](Oc1ncc(Br)cn1)[C@@H]1CCN(C)C1. The van der Waals surface area contributed by atoms with Gasteiger partial charge in [0.05, 0.1) is 4.47 Å². The van der Waals surface area contributed by atoms with E-state index < -0.39 is 0 Å². The molecule has 4 nitrogen and oxygen atoms in total. The fourth-order valence-corrected chi connectivity index (χ4v) is 2.18. The maximum absolute atomic E-state index is 5.73. The summed E-state index contributed by atoms with van der Waals surface area (Å²) in [5, 5.41) is 0. The Labute approximate surface area is 104 Å². The van der Waals surface area contributed by atoms with Crippen molar-refractivity contribution in [2.45, 2.75) is 19.4 Å². The molecule has 16 heavy (non-hydrogen) atoms. The highest BCUT2D eigenvalue weighted by molar-refractivity contribution is 9.10. The van der Waals surface area contributed by atoms with Gasteiger partial charge in [-0.15, -0.1) is 0 Å². The maximum Gasteiger partial charge on any atom is 0.316 e. The smallest absolute Gasteiger partial charge is 0.316 e. The molecule has 0 bridgehead atoms. The van der Waals surface area contributed by atoms with E-state index in [4.69, 9.17) is 4.74 Å². The molecule has 1 aliphatic rings. The standard InChI is InChI=1S/C11H16BrN3O/c1-8(9-3-4-15(2)7-9)16-11-13-5-10(12)6-14-11/h5-6,8-9H,3-4,7H2,1-2H3/t8-,9-/m1/s1. The summed E-state index contributed by atoms with van der Waals surface area (Å²) >= 11 is 3.30. The van der Waals surface area contributed by atoms with Crippen molar-refractivity contribution < 1.29 is 4.74 Å². The predicted molar refractivity (Wildman–Crippen MR) is 65.4 cm³/mol. The lowest BCUT2D eigenvalue weighted by Gasteiger charge is -2.19. The molecular formula is C11H16BrN3O. The summed E-state index contributed by atoms with van der Waals surface area (Å²) in [4.78, 5) is 10.6. The zero-order valence-corrected chi connectivity index (χ0v) is 11.1. The summed E-state index contributed by atoms with van der Waals surface area (Å²) in [6.45, 7) is 4.34. The van der Waals surface area contributed by atoms with Crippen LogP contribution in [0.3, 0.4) is 0 Å². The second-order valence-corrected chi connectivity index (χ2v) is 5.23. The van der Waals surface area contributed by atoms with Crippen LogP contribution in [0.25, 0.3) is 0 Å². The fourth-order valence-electron chi connectivity index (χ4n) is 1.98. The van der Waals surface area contributed by atoms with E-state index in [1.54, 1.807) is 12.4 Å². The molecule has 0 amide bonds. The number of hydrogen-bond donors (Lipinski definition) is 0. The van der Waals surface area contributed by atoms with Crippen LogP contribution in [0.4, 0.5) is 0 Å². The van der Waals surface area contributed by atoms with E-state index in [0.717, 1.165) is 17.6 Å². The van der Waals surface area contributed by atoms with Crippen LogP contribution >= 0.6 is 15.9 Å². The molecule has 5 heteroatoms. The van der Waals surface area contributed by atoms with Crippen LogP contribution in [-0.4, -0.2) is 41.1 Å². The summed E-state index contributed by atoms with van der Waals surface area (Å²) in [7, 11) is 2.14. The molecule has 0 saturated carbocycles. The Balaban J connectivity index is 1.91. The van der Waals surface area contributed by atoms with Gasteiger partial charge in [0.2, 0.25) is 0 Å². The molecule has 2 atom stereocenters. The van der Waals surface area contributed by atoms with Crippen LogP contribution in [0.5, 0.6) is 6.01 Å². The zero-order chi connectivity index (χ0) is 11.5.